The summed E-state index contributed by atoms with van der Waals surface area (Å²) in [6.45, 7) is 0. The molecule has 4 aromatic rings. The number of nitrogens with one attached hydrogen (secondary N) is 1. The van der Waals surface area contributed by atoms with Gasteiger partial charge in [-0.25, -0.2) is 8.78 Å². The van der Waals surface area contributed by atoms with Crippen molar-refractivity contribution in [2.45, 2.75) is 0 Å². The summed E-state index contributed by atoms with van der Waals surface area (Å²) in [4.78, 5) is 15.3. The number of benzene rings is 2. The Bertz CT molecular complexity index is 1260. The molecular formula is C18H10F2N4O. The molecule has 0 fully saturated rings. The molecule has 0 saturated carbocycles. The largest absolute Gasteiger partial charge is 0.354 e. The molecule has 0 unspecified atom stereocenters. The Morgan fingerprint density at radius 3 is 2.80 bits per heavy atom. The average molecular weight is 336 g/mol. The number of halogens is 2. The van der Waals surface area contributed by atoms with Crippen LogP contribution in [0.15, 0.2) is 41.3 Å². The number of fused-ring (bicyclic) bond motifs is 2. The fraction of sp³-hybridized carbons (Fsp3) is 0.0556. The van der Waals surface area contributed by atoms with Gasteiger partial charge in [-0.2, -0.15) is 10.4 Å². The van der Waals surface area contributed by atoms with Gasteiger partial charge in [0.25, 0.3) is 0 Å². The molecule has 122 valence electrons. The van der Waals surface area contributed by atoms with E-state index in [2.05, 4.69) is 10.1 Å². The topological polar surface area (TPSA) is 74.5 Å². The van der Waals surface area contributed by atoms with Crippen LogP contribution in [0.3, 0.4) is 0 Å². The molecule has 1 N–H and O–H groups in total. The minimum atomic E-state index is -0.667. The third-order valence-corrected chi connectivity index (χ3v) is 4.17. The van der Waals surface area contributed by atoms with Crippen molar-refractivity contribution >= 4 is 21.8 Å². The van der Waals surface area contributed by atoms with Crippen molar-refractivity contribution in [1.82, 2.24) is 14.8 Å². The molecule has 2 aromatic heterocycles. The Balaban J connectivity index is 2.09. The SMILES string of the molecule is Cn1ncc2c(F)c3c(=O)cc(-c4cc(C#N)ccc4F)[nH]c3cc21. The highest BCUT2D eigenvalue weighted by Gasteiger charge is 2.16. The van der Waals surface area contributed by atoms with Crippen LogP contribution in [0, 0.1) is 23.0 Å². The molecule has 7 heteroatoms. The third kappa shape index (κ3) is 2.19. The number of pyridine rings is 1. The predicted molar refractivity (Wildman–Crippen MR) is 88.9 cm³/mol. The monoisotopic (exact) mass is 336 g/mol. The van der Waals surface area contributed by atoms with Crippen molar-refractivity contribution in [1.29, 1.82) is 5.26 Å². The van der Waals surface area contributed by atoms with Crippen LogP contribution >= 0.6 is 0 Å². The Kier molecular flexibility index (Phi) is 3.15. The van der Waals surface area contributed by atoms with Gasteiger partial charge in [0.2, 0.25) is 0 Å². The van der Waals surface area contributed by atoms with Gasteiger partial charge < -0.3 is 4.98 Å². The van der Waals surface area contributed by atoms with Gasteiger partial charge in [0.05, 0.1) is 45.3 Å². The number of aromatic nitrogens is 3. The van der Waals surface area contributed by atoms with Crippen LogP contribution in [0.2, 0.25) is 0 Å². The molecule has 0 bridgehead atoms. The minimum Gasteiger partial charge on any atom is -0.354 e. The van der Waals surface area contributed by atoms with Crippen molar-refractivity contribution in [3.05, 3.63) is 63.9 Å². The van der Waals surface area contributed by atoms with Gasteiger partial charge in [0.1, 0.15) is 11.6 Å². The van der Waals surface area contributed by atoms with Crippen molar-refractivity contribution in [3.63, 3.8) is 0 Å². The first-order chi connectivity index (χ1) is 12.0. The molecule has 2 heterocycles. The van der Waals surface area contributed by atoms with E-state index in [0.717, 1.165) is 12.1 Å². The van der Waals surface area contributed by atoms with Gasteiger partial charge in [-0.3, -0.25) is 9.48 Å². The van der Waals surface area contributed by atoms with E-state index in [1.807, 2.05) is 6.07 Å². The van der Waals surface area contributed by atoms with E-state index >= 15 is 0 Å². The molecule has 0 aliphatic carbocycles. The van der Waals surface area contributed by atoms with Gasteiger partial charge in [-0.15, -0.1) is 0 Å². The quantitative estimate of drug-likeness (QED) is 0.580. The summed E-state index contributed by atoms with van der Waals surface area (Å²) in [7, 11) is 1.66. The maximum atomic E-state index is 14.7. The second kappa shape index (κ2) is 5.24. The summed E-state index contributed by atoms with van der Waals surface area (Å²) >= 11 is 0. The lowest BCUT2D eigenvalue weighted by molar-refractivity contribution is 0.630. The molecule has 25 heavy (non-hydrogen) atoms. The van der Waals surface area contributed by atoms with Crippen LogP contribution in [-0.2, 0) is 7.05 Å². The third-order valence-electron chi connectivity index (χ3n) is 4.17. The van der Waals surface area contributed by atoms with Crippen LogP contribution in [-0.4, -0.2) is 14.8 Å². The average Bonchev–Trinajstić information content (AvgIpc) is 2.96. The van der Waals surface area contributed by atoms with Gasteiger partial charge in [-0.1, -0.05) is 0 Å². The molecule has 4 rings (SSSR count). The molecule has 0 aliphatic rings. The first-order valence-electron chi connectivity index (χ1n) is 7.37. The Hall–Kier alpha value is -3.53. The van der Waals surface area contributed by atoms with E-state index in [-0.39, 0.29) is 33.1 Å². The Labute approximate surface area is 139 Å². The summed E-state index contributed by atoms with van der Waals surface area (Å²) in [5, 5.41) is 13.1. The molecule has 5 nitrogen and oxygen atoms in total. The van der Waals surface area contributed by atoms with Gasteiger partial charge in [0.15, 0.2) is 5.43 Å². The zero-order valence-electron chi connectivity index (χ0n) is 13.0. The second-order valence-corrected chi connectivity index (χ2v) is 5.67. The maximum absolute atomic E-state index is 14.7. The van der Waals surface area contributed by atoms with Crippen LogP contribution < -0.4 is 5.43 Å². The predicted octanol–water partition coefficient (Wildman–Crippen LogP) is 3.23. The zero-order valence-corrected chi connectivity index (χ0v) is 13.0. The fourth-order valence-corrected chi connectivity index (χ4v) is 2.92. The number of hydrogen-bond donors (Lipinski definition) is 1. The molecular weight excluding hydrogens is 326 g/mol. The highest BCUT2D eigenvalue weighted by molar-refractivity contribution is 5.96. The summed E-state index contributed by atoms with van der Waals surface area (Å²) < 4.78 is 30.3. The van der Waals surface area contributed by atoms with Crippen molar-refractivity contribution < 1.29 is 8.78 Å². The number of nitrogens with zero attached hydrogens (tertiary/aromatic N) is 3. The molecule has 0 spiro atoms. The van der Waals surface area contributed by atoms with E-state index in [9.17, 15) is 13.6 Å². The van der Waals surface area contributed by atoms with E-state index in [1.165, 1.54) is 23.0 Å². The fourth-order valence-electron chi connectivity index (χ4n) is 2.92. The lowest BCUT2D eigenvalue weighted by atomic mass is 10.0. The number of H-pyrrole nitrogens is 1. The zero-order chi connectivity index (χ0) is 17.7. The maximum Gasteiger partial charge on any atom is 0.193 e. The molecule has 0 amide bonds. The smallest absolute Gasteiger partial charge is 0.193 e. The first-order valence-corrected chi connectivity index (χ1v) is 7.37. The summed E-state index contributed by atoms with van der Waals surface area (Å²) in [6, 6.07) is 8.49. The molecule has 0 saturated heterocycles. The number of hydrogen-bond acceptors (Lipinski definition) is 3. The lowest BCUT2D eigenvalue weighted by Gasteiger charge is -2.08. The van der Waals surface area contributed by atoms with Crippen LogP contribution in [0.1, 0.15) is 5.56 Å². The summed E-state index contributed by atoms with van der Waals surface area (Å²) in [5.41, 5.74) is 0.665. The van der Waals surface area contributed by atoms with Crippen LogP contribution in [0.5, 0.6) is 0 Å². The number of aromatic amines is 1. The second-order valence-electron chi connectivity index (χ2n) is 5.67. The van der Waals surface area contributed by atoms with Crippen molar-refractivity contribution in [2.24, 2.45) is 7.05 Å². The normalized spacial score (nSPS) is 11.1. The molecule has 0 aliphatic heterocycles. The van der Waals surface area contributed by atoms with Crippen molar-refractivity contribution in [3.8, 4) is 17.3 Å². The molecule has 2 aromatic carbocycles. The summed E-state index contributed by atoms with van der Waals surface area (Å²) in [6.07, 6.45) is 1.35. The van der Waals surface area contributed by atoms with Gasteiger partial charge in [0, 0.05) is 18.7 Å². The van der Waals surface area contributed by atoms with Gasteiger partial charge >= 0.3 is 0 Å². The standard InChI is InChI=1S/C18H10F2N4O/c1-24-15-5-14-17(18(20)11(15)8-22-24)16(25)6-13(23-14)10-4-9(7-21)2-3-12(10)19/h2-6,8H,1H3,(H,23,25). The van der Waals surface area contributed by atoms with E-state index in [0.29, 0.717) is 5.52 Å². The first kappa shape index (κ1) is 15.0. The minimum absolute atomic E-state index is 0.0727. The van der Waals surface area contributed by atoms with E-state index in [1.54, 1.807) is 13.1 Å². The molecule has 0 radical (unpaired) electrons. The highest BCUT2D eigenvalue weighted by Crippen LogP contribution is 2.27. The highest BCUT2D eigenvalue weighted by atomic mass is 19.1. The van der Waals surface area contributed by atoms with Gasteiger partial charge in [-0.05, 0) is 24.3 Å². The van der Waals surface area contributed by atoms with E-state index in [4.69, 9.17) is 5.26 Å². The van der Waals surface area contributed by atoms with Crippen molar-refractivity contribution in [2.75, 3.05) is 0 Å². The van der Waals surface area contributed by atoms with Crippen LogP contribution in [0.4, 0.5) is 8.78 Å². The number of rotatable bonds is 1. The molecule has 0 atom stereocenters. The number of aryl methyl sites for hydroxylation is 1. The van der Waals surface area contributed by atoms with E-state index < -0.39 is 17.1 Å². The lowest BCUT2D eigenvalue weighted by Crippen LogP contribution is -2.06. The Morgan fingerprint density at radius 1 is 1.24 bits per heavy atom. The number of nitriles is 1. The van der Waals surface area contributed by atoms with Crippen LogP contribution in [0.25, 0.3) is 33.1 Å². The Morgan fingerprint density at radius 2 is 2.04 bits per heavy atom. The summed E-state index contributed by atoms with van der Waals surface area (Å²) in [5.74, 6) is -1.25.